The van der Waals surface area contributed by atoms with Crippen LogP contribution in [0, 0.1) is 14.9 Å². The van der Waals surface area contributed by atoms with Gasteiger partial charge in [-0.2, -0.15) is 5.26 Å². The molecule has 4 heteroatoms. The predicted octanol–water partition coefficient (Wildman–Crippen LogP) is 2.35. The van der Waals surface area contributed by atoms with Gasteiger partial charge in [-0.3, -0.25) is 4.79 Å². The van der Waals surface area contributed by atoms with Gasteiger partial charge >= 0.3 is 5.97 Å². The molecule has 15 heavy (non-hydrogen) atoms. The summed E-state index contributed by atoms with van der Waals surface area (Å²) in [6, 6.07) is 5.70. The van der Waals surface area contributed by atoms with Crippen LogP contribution in [0.15, 0.2) is 12.1 Å². The number of aliphatic carboxylic acids is 1. The molecule has 0 aliphatic carbocycles. The molecule has 0 saturated heterocycles. The van der Waals surface area contributed by atoms with Crippen molar-refractivity contribution in [1.29, 1.82) is 5.26 Å². The van der Waals surface area contributed by atoms with Crippen LogP contribution in [0.3, 0.4) is 0 Å². The summed E-state index contributed by atoms with van der Waals surface area (Å²) in [5, 5.41) is 17.7. The maximum Gasteiger partial charge on any atom is 0.307 e. The molecule has 3 nitrogen and oxygen atoms in total. The standard InChI is InChI=1S/C11H10INO2/c1-2-8-7(5-11(14)15)3-4-10(12)9(8)6-13/h3-4H,2,5H2,1H3,(H,14,15). The Kier molecular flexibility index (Phi) is 4.09. The lowest BCUT2D eigenvalue weighted by Gasteiger charge is -2.09. The number of halogens is 1. The van der Waals surface area contributed by atoms with Crippen LogP contribution < -0.4 is 0 Å². The Hall–Kier alpha value is -1.09. The summed E-state index contributed by atoms with van der Waals surface area (Å²) in [6.45, 7) is 1.93. The van der Waals surface area contributed by atoms with Gasteiger partial charge in [0, 0.05) is 3.57 Å². The van der Waals surface area contributed by atoms with E-state index in [1.54, 1.807) is 12.1 Å². The third-order valence-corrected chi connectivity index (χ3v) is 3.07. The van der Waals surface area contributed by atoms with Crippen molar-refractivity contribution < 1.29 is 9.90 Å². The largest absolute Gasteiger partial charge is 0.481 e. The molecule has 1 aromatic rings. The first-order valence-electron chi connectivity index (χ1n) is 4.52. The first-order chi connectivity index (χ1) is 7.10. The summed E-state index contributed by atoms with van der Waals surface area (Å²) < 4.78 is 0.876. The minimum absolute atomic E-state index is 0.0191. The van der Waals surface area contributed by atoms with E-state index in [9.17, 15) is 4.79 Å². The zero-order valence-corrected chi connectivity index (χ0v) is 10.4. The summed E-state index contributed by atoms with van der Waals surface area (Å²) in [5.41, 5.74) is 2.20. The SMILES string of the molecule is CCc1c(CC(=O)O)ccc(I)c1C#N. The van der Waals surface area contributed by atoms with Crippen molar-refractivity contribution in [3.63, 3.8) is 0 Å². The lowest BCUT2D eigenvalue weighted by molar-refractivity contribution is -0.136. The molecule has 0 amide bonds. The average Bonchev–Trinajstić information content (AvgIpc) is 2.19. The van der Waals surface area contributed by atoms with Crippen molar-refractivity contribution in [3.8, 4) is 6.07 Å². The van der Waals surface area contributed by atoms with Crippen LogP contribution >= 0.6 is 22.6 Å². The van der Waals surface area contributed by atoms with Gasteiger partial charge in [0.05, 0.1) is 12.0 Å². The molecule has 0 aliphatic heterocycles. The highest BCUT2D eigenvalue weighted by molar-refractivity contribution is 14.1. The molecule has 1 rings (SSSR count). The van der Waals surface area contributed by atoms with Crippen LogP contribution in [-0.4, -0.2) is 11.1 Å². The average molecular weight is 315 g/mol. The van der Waals surface area contributed by atoms with Gasteiger partial charge in [0.25, 0.3) is 0 Å². The summed E-state index contributed by atoms with van der Waals surface area (Å²) in [7, 11) is 0. The van der Waals surface area contributed by atoms with E-state index < -0.39 is 5.97 Å². The summed E-state index contributed by atoms with van der Waals surface area (Å²) in [4.78, 5) is 10.6. The van der Waals surface area contributed by atoms with Crippen LogP contribution in [0.2, 0.25) is 0 Å². The third-order valence-electron chi connectivity index (χ3n) is 2.17. The second-order valence-corrected chi connectivity index (χ2v) is 4.26. The van der Waals surface area contributed by atoms with Gasteiger partial charge in [0.15, 0.2) is 0 Å². The Morgan fingerprint density at radius 2 is 2.27 bits per heavy atom. The van der Waals surface area contributed by atoms with E-state index in [1.807, 2.05) is 6.92 Å². The zero-order valence-electron chi connectivity index (χ0n) is 8.25. The first-order valence-corrected chi connectivity index (χ1v) is 5.60. The molecule has 0 aromatic heterocycles. The van der Waals surface area contributed by atoms with Gasteiger partial charge in [-0.05, 0) is 46.2 Å². The Morgan fingerprint density at radius 3 is 2.73 bits per heavy atom. The molecule has 0 aliphatic rings. The minimum atomic E-state index is -0.866. The van der Waals surface area contributed by atoms with Crippen molar-refractivity contribution in [1.82, 2.24) is 0 Å². The fraction of sp³-hybridized carbons (Fsp3) is 0.273. The highest BCUT2D eigenvalue weighted by atomic mass is 127. The molecule has 78 valence electrons. The summed E-state index contributed by atoms with van der Waals surface area (Å²) in [5.74, 6) is -0.866. The van der Waals surface area contributed by atoms with Crippen LogP contribution in [0.5, 0.6) is 0 Å². The molecule has 1 N–H and O–H groups in total. The Morgan fingerprint density at radius 1 is 1.60 bits per heavy atom. The maximum atomic E-state index is 10.6. The van der Waals surface area contributed by atoms with E-state index in [4.69, 9.17) is 10.4 Å². The smallest absolute Gasteiger partial charge is 0.307 e. The zero-order chi connectivity index (χ0) is 11.4. The van der Waals surface area contributed by atoms with E-state index in [0.717, 1.165) is 14.7 Å². The van der Waals surface area contributed by atoms with Gasteiger partial charge in [0.2, 0.25) is 0 Å². The lowest BCUT2D eigenvalue weighted by Crippen LogP contribution is -2.05. The number of carbonyl (C=O) groups is 1. The number of nitriles is 1. The van der Waals surface area contributed by atoms with Gasteiger partial charge in [-0.25, -0.2) is 0 Å². The van der Waals surface area contributed by atoms with Crippen LogP contribution in [0.25, 0.3) is 0 Å². The van der Waals surface area contributed by atoms with E-state index in [0.29, 0.717) is 12.0 Å². The normalized spacial score (nSPS) is 9.67. The molecule has 0 atom stereocenters. The highest BCUT2D eigenvalue weighted by Gasteiger charge is 2.12. The summed E-state index contributed by atoms with van der Waals surface area (Å²) >= 11 is 2.09. The minimum Gasteiger partial charge on any atom is -0.481 e. The second kappa shape index (κ2) is 5.12. The maximum absolute atomic E-state index is 10.6. The highest BCUT2D eigenvalue weighted by Crippen LogP contribution is 2.21. The number of carboxylic acids is 1. The van der Waals surface area contributed by atoms with Gasteiger partial charge in [-0.1, -0.05) is 13.0 Å². The van der Waals surface area contributed by atoms with Crippen molar-refractivity contribution in [2.24, 2.45) is 0 Å². The Labute approximate surface area is 102 Å². The molecule has 0 radical (unpaired) electrons. The molecule has 0 bridgehead atoms. The molecule has 0 spiro atoms. The molecular weight excluding hydrogens is 305 g/mol. The predicted molar refractivity (Wildman–Crippen MR) is 64.6 cm³/mol. The molecular formula is C11H10INO2. The van der Waals surface area contributed by atoms with Crippen molar-refractivity contribution in [2.75, 3.05) is 0 Å². The molecule has 1 aromatic carbocycles. The molecule has 0 saturated carbocycles. The summed E-state index contributed by atoms with van der Waals surface area (Å²) in [6.07, 6.45) is 0.664. The first kappa shape index (κ1) is 12.0. The van der Waals surface area contributed by atoms with E-state index in [-0.39, 0.29) is 6.42 Å². The molecule has 0 unspecified atom stereocenters. The lowest BCUT2D eigenvalue weighted by atomic mass is 9.97. The molecule has 0 fully saturated rings. The molecule has 0 heterocycles. The monoisotopic (exact) mass is 315 g/mol. The third kappa shape index (κ3) is 2.69. The number of hydrogen-bond acceptors (Lipinski definition) is 2. The number of benzene rings is 1. The number of rotatable bonds is 3. The number of nitrogens with zero attached hydrogens (tertiary/aromatic N) is 1. The number of hydrogen-bond donors (Lipinski definition) is 1. The van der Waals surface area contributed by atoms with E-state index in [1.165, 1.54) is 0 Å². The van der Waals surface area contributed by atoms with Gasteiger partial charge < -0.3 is 5.11 Å². The van der Waals surface area contributed by atoms with E-state index in [2.05, 4.69) is 28.7 Å². The van der Waals surface area contributed by atoms with Gasteiger partial charge in [0.1, 0.15) is 6.07 Å². The fourth-order valence-electron chi connectivity index (χ4n) is 1.52. The van der Waals surface area contributed by atoms with Crippen molar-refractivity contribution in [2.45, 2.75) is 19.8 Å². The van der Waals surface area contributed by atoms with E-state index >= 15 is 0 Å². The van der Waals surface area contributed by atoms with Crippen molar-refractivity contribution in [3.05, 3.63) is 32.4 Å². The Bertz CT molecular complexity index is 435. The second-order valence-electron chi connectivity index (χ2n) is 3.10. The van der Waals surface area contributed by atoms with Crippen molar-refractivity contribution >= 4 is 28.6 Å². The number of carboxylic acid groups (broad SMARTS) is 1. The quantitative estimate of drug-likeness (QED) is 0.871. The van der Waals surface area contributed by atoms with Crippen LogP contribution in [-0.2, 0) is 17.6 Å². The van der Waals surface area contributed by atoms with Gasteiger partial charge in [-0.15, -0.1) is 0 Å². The fourth-order valence-corrected chi connectivity index (χ4v) is 2.14. The Balaban J connectivity index is 3.30. The van der Waals surface area contributed by atoms with Crippen LogP contribution in [0.4, 0.5) is 0 Å². The van der Waals surface area contributed by atoms with Crippen LogP contribution in [0.1, 0.15) is 23.6 Å². The topological polar surface area (TPSA) is 61.1 Å².